The number of benzene rings is 2. The number of nitriles is 1. The molecule has 3 unspecified atom stereocenters. The summed E-state index contributed by atoms with van der Waals surface area (Å²) in [6.07, 6.45) is 9.31. The molecule has 1 fully saturated rings. The van der Waals surface area contributed by atoms with Crippen molar-refractivity contribution in [2.45, 2.75) is 58.7 Å². The molecule has 0 radical (unpaired) electrons. The van der Waals surface area contributed by atoms with Gasteiger partial charge in [0.15, 0.2) is 0 Å². The highest BCUT2D eigenvalue weighted by molar-refractivity contribution is 5.59. The molecule has 3 heteroatoms. The minimum absolute atomic E-state index is 0.126. The van der Waals surface area contributed by atoms with Crippen LogP contribution in [0, 0.1) is 24.2 Å². The van der Waals surface area contributed by atoms with E-state index in [0.717, 1.165) is 25.1 Å². The molecule has 0 bridgehead atoms. The van der Waals surface area contributed by atoms with Crippen molar-refractivity contribution in [1.29, 1.82) is 5.26 Å². The number of ether oxygens (including phenoxy) is 1. The maximum Gasteiger partial charge on any atom is 0.0992 e. The molecule has 0 N–H and O–H groups in total. The third kappa shape index (κ3) is 5.71. The Labute approximate surface area is 175 Å². The smallest absolute Gasteiger partial charge is 0.0992 e. The van der Waals surface area contributed by atoms with Gasteiger partial charge in [0.05, 0.1) is 23.8 Å². The van der Waals surface area contributed by atoms with E-state index in [2.05, 4.69) is 61.4 Å². The fraction of sp³-hybridized carbons (Fsp3) is 0.423. The average Bonchev–Trinajstić information content (AvgIpc) is 2.75. The zero-order valence-electron chi connectivity index (χ0n) is 17.8. The Morgan fingerprint density at radius 2 is 2.00 bits per heavy atom. The quantitative estimate of drug-likeness (QED) is 0.540. The van der Waals surface area contributed by atoms with Crippen molar-refractivity contribution >= 4 is 5.69 Å². The summed E-state index contributed by atoms with van der Waals surface area (Å²) >= 11 is 0. The van der Waals surface area contributed by atoms with Gasteiger partial charge in [-0.25, -0.2) is 0 Å². The molecule has 0 aliphatic heterocycles. The van der Waals surface area contributed by atoms with E-state index >= 15 is 0 Å². The first kappa shape index (κ1) is 21.1. The summed E-state index contributed by atoms with van der Waals surface area (Å²) in [6, 6.07) is 18.7. The van der Waals surface area contributed by atoms with Crippen LogP contribution in [0.5, 0.6) is 0 Å². The molecule has 3 nitrogen and oxygen atoms in total. The van der Waals surface area contributed by atoms with E-state index in [0.29, 0.717) is 17.6 Å². The van der Waals surface area contributed by atoms with Crippen LogP contribution in [0.4, 0.5) is 5.69 Å². The van der Waals surface area contributed by atoms with E-state index in [9.17, 15) is 5.26 Å². The summed E-state index contributed by atoms with van der Waals surface area (Å²) in [5.74, 6) is 0.582. The second kappa shape index (κ2) is 10.3. The largest absolute Gasteiger partial charge is 0.371 e. The summed E-state index contributed by atoms with van der Waals surface area (Å²) in [5.41, 5.74) is 4.28. The van der Waals surface area contributed by atoms with Gasteiger partial charge in [-0.15, -0.1) is 0 Å². The monoisotopic (exact) mass is 388 g/mol. The molecule has 0 amide bonds. The van der Waals surface area contributed by atoms with Crippen molar-refractivity contribution in [1.82, 2.24) is 0 Å². The van der Waals surface area contributed by atoms with Crippen LogP contribution in [0.25, 0.3) is 0 Å². The van der Waals surface area contributed by atoms with Gasteiger partial charge in [0.1, 0.15) is 0 Å². The first-order valence-electron chi connectivity index (χ1n) is 10.7. The maximum absolute atomic E-state index is 9.30. The van der Waals surface area contributed by atoms with Crippen molar-refractivity contribution in [3.05, 3.63) is 77.5 Å². The number of anilines is 1. The van der Waals surface area contributed by atoms with Gasteiger partial charge >= 0.3 is 0 Å². The Morgan fingerprint density at radius 1 is 1.21 bits per heavy atom. The fourth-order valence-electron chi connectivity index (χ4n) is 4.31. The summed E-state index contributed by atoms with van der Waals surface area (Å²) in [7, 11) is 0. The second-order valence-corrected chi connectivity index (χ2v) is 8.09. The van der Waals surface area contributed by atoms with Gasteiger partial charge in [0.25, 0.3) is 0 Å². The van der Waals surface area contributed by atoms with Gasteiger partial charge in [-0.05, 0) is 75.4 Å². The van der Waals surface area contributed by atoms with Gasteiger partial charge in [-0.1, -0.05) is 48.9 Å². The molecular weight excluding hydrogens is 356 g/mol. The highest BCUT2D eigenvalue weighted by Gasteiger charge is 2.26. The van der Waals surface area contributed by atoms with E-state index in [1.54, 1.807) is 0 Å². The predicted octanol–water partition coefficient (Wildman–Crippen LogP) is 6.54. The summed E-state index contributed by atoms with van der Waals surface area (Å²) in [4.78, 5) is 2.31. The number of hydrogen-bond acceptors (Lipinski definition) is 3. The lowest BCUT2D eigenvalue weighted by Crippen LogP contribution is -2.32. The zero-order chi connectivity index (χ0) is 20.6. The van der Waals surface area contributed by atoms with Crippen molar-refractivity contribution in [2.75, 3.05) is 11.4 Å². The Bertz CT molecular complexity index is 853. The van der Waals surface area contributed by atoms with Crippen LogP contribution < -0.4 is 4.90 Å². The highest BCUT2D eigenvalue weighted by Crippen LogP contribution is 2.32. The summed E-state index contributed by atoms with van der Waals surface area (Å²) < 4.78 is 6.44. The molecule has 29 heavy (non-hydrogen) atoms. The van der Waals surface area contributed by atoms with Crippen molar-refractivity contribution in [2.24, 2.45) is 5.92 Å². The van der Waals surface area contributed by atoms with E-state index in [1.807, 2.05) is 31.2 Å². The van der Waals surface area contributed by atoms with Crippen LogP contribution >= 0.6 is 0 Å². The number of hydrogen-bond donors (Lipinski definition) is 0. The zero-order valence-corrected chi connectivity index (χ0v) is 17.8. The Hall–Kier alpha value is -2.57. The Morgan fingerprint density at radius 3 is 2.72 bits per heavy atom. The second-order valence-electron chi connectivity index (χ2n) is 8.09. The molecule has 152 valence electrons. The third-order valence-electron chi connectivity index (χ3n) is 5.83. The molecule has 1 aliphatic carbocycles. The number of nitrogens with zero attached hydrogens (tertiary/aromatic N) is 2. The molecule has 0 heterocycles. The minimum Gasteiger partial charge on any atom is -0.371 e. The third-order valence-corrected chi connectivity index (χ3v) is 5.83. The van der Waals surface area contributed by atoms with Crippen LogP contribution in [0.2, 0.25) is 0 Å². The molecule has 0 spiro atoms. The van der Waals surface area contributed by atoms with Crippen molar-refractivity contribution in [3.8, 4) is 6.07 Å². The Balaban J connectivity index is 1.67. The summed E-state index contributed by atoms with van der Waals surface area (Å²) in [5, 5.41) is 9.30. The average molecular weight is 389 g/mol. The van der Waals surface area contributed by atoms with Crippen LogP contribution in [0.15, 0.2) is 60.8 Å². The number of aryl methyl sites for hydroxylation is 1. The van der Waals surface area contributed by atoms with Gasteiger partial charge in [0, 0.05) is 12.2 Å². The fourth-order valence-corrected chi connectivity index (χ4v) is 4.31. The lowest BCUT2D eigenvalue weighted by Gasteiger charge is -2.34. The van der Waals surface area contributed by atoms with Crippen molar-refractivity contribution in [3.63, 3.8) is 0 Å². The molecule has 3 atom stereocenters. The molecule has 2 aromatic carbocycles. The Kier molecular flexibility index (Phi) is 7.49. The van der Waals surface area contributed by atoms with Gasteiger partial charge in [-0.3, -0.25) is 0 Å². The molecule has 1 aliphatic rings. The lowest BCUT2D eigenvalue weighted by atomic mass is 9.86. The molecule has 3 rings (SSSR count). The molecule has 1 saturated carbocycles. The number of allylic oxidation sites excluding steroid dienone is 1. The van der Waals surface area contributed by atoms with Gasteiger partial charge in [0.2, 0.25) is 0 Å². The lowest BCUT2D eigenvalue weighted by molar-refractivity contribution is -0.0327. The highest BCUT2D eigenvalue weighted by atomic mass is 16.5. The molecule has 0 aromatic heterocycles. The van der Waals surface area contributed by atoms with Crippen molar-refractivity contribution < 1.29 is 4.74 Å². The predicted molar refractivity (Wildman–Crippen MR) is 120 cm³/mol. The topological polar surface area (TPSA) is 36.3 Å². The standard InChI is InChI=1S/C26H32N2O/c1-4-15-28(26-17-22(18-27)14-13-20(26)2)19-23-9-8-12-25(16-23)29-21(3)24-10-6-5-7-11-24/h4-7,10-11,13-15,17,21,23,25H,8-9,12,16,19H2,1-3H3/b15-4-. The normalized spacial score (nSPS) is 20.3. The van der Waals surface area contributed by atoms with Crippen LogP contribution in [-0.2, 0) is 4.74 Å². The minimum atomic E-state index is 0.126. The van der Waals surface area contributed by atoms with E-state index < -0.39 is 0 Å². The van der Waals surface area contributed by atoms with Crippen LogP contribution in [-0.4, -0.2) is 12.6 Å². The molecule has 2 aromatic rings. The maximum atomic E-state index is 9.30. The molecular formula is C26H32N2O. The number of rotatable bonds is 7. The van der Waals surface area contributed by atoms with E-state index in [-0.39, 0.29) is 6.10 Å². The first-order valence-corrected chi connectivity index (χ1v) is 10.7. The van der Waals surface area contributed by atoms with E-state index in [4.69, 9.17) is 4.74 Å². The van der Waals surface area contributed by atoms with Crippen LogP contribution in [0.1, 0.15) is 62.3 Å². The van der Waals surface area contributed by atoms with Gasteiger partial charge in [-0.2, -0.15) is 5.26 Å². The van der Waals surface area contributed by atoms with Gasteiger partial charge < -0.3 is 9.64 Å². The summed E-state index contributed by atoms with van der Waals surface area (Å²) in [6.45, 7) is 7.27. The van der Waals surface area contributed by atoms with Crippen LogP contribution in [0.3, 0.4) is 0 Å². The SMILES string of the molecule is C/C=C\N(CC1CCCC(OC(C)c2ccccc2)C1)c1cc(C#N)ccc1C. The first-order chi connectivity index (χ1) is 14.1. The molecule has 0 saturated heterocycles. The van der Waals surface area contributed by atoms with E-state index in [1.165, 1.54) is 24.0 Å².